The van der Waals surface area contributed by atoms with Crippen LogP contribution >= 0.6 is 0 Å². The van der Waals surface area contributed by atoms with Crippen LogP contribution in [-0.4, -0.2) is 49.2 Å². The number of carboxylic acids is 1. The van der Waals surface area contributed by atoms with Gasteiger partial charge in [0.2, 0.25) is 0 Å². The van der Waals surface area contributed by atoms with Crippen LogP contribution in [-0.2, 0) is 11.8 Å². The number of fused-ring (bicyclic) bond motifs is 1. The standard InChI is InChI=1S/C21H22N4O3/c1-13-18-15(20(26)25-11-7-6-10-17(25)21(27)28)12-16(14-8-4-3-5-9-14)22-19(18)24(2)23-13/h3-5,8-9,12,17H,6-7,10-11H2,1-2H3,(H,27,28)/t17-/m1/s1. The lowest BCUT2D eigenvalue weighted by atomic mass is 9.99. The van der Waals surface area contributed by atoms with Crippen molar-refractivity contribution in [2.45, 2.75) is 32.2 Å². The summed E-state index contributed by atoms with van der Waals surface area (Å²) in [5.74, 6) is -1.22. The maximum atomic E-state index is 13.5. The first-order valence-corrected chi connectivity index (χ1v) is 9.41. The molecular formula is C21H22N4O3. The molecule has 2 aromatic heterocycles. The third-order valence-corrected chi connectivity index (χ3v) is 5.32. The molecule has 0 unspecified atom stereocenters. The van der Waals surface area contributed by atoms with Crippen molar-refractivity contribution in [2.75, 3.05) is 6.54 Å². The number of carbonyl (C=O) groups excluding carboxylic acids is 1. The minimum absolute atomic E-state index is 0.271. The van der Waals surface area contributed by atoms with Crippen LogP contribution in [0.2, 0.25) is 0 Å². The number of amides is 1. The molecule has 7 heteroatoms. The zero-order valence-corrected chi connectivity index (χ0v) is 15.9. The Morgan fingerprint density at radius 2 is 1.93 bits per heavy atom. The summed E-state index contributed by atoms with van der Waals surface area (Å²) in [6.07, 6.45) is 2.10. The molecule has 1 aliphatic heterocycles. The largest absolute Gasteiger partial charge is 0.480 e. The molecule has 1 aromatic carbocycles. The summed E-state index contributed by atoms with van der Waals surface area (Å²) in [6, 6.07) is 10.6. The lowest BCUT2D eigenvalue weighted by Crippen LogP contribution is -2.48. The average molecular weight is 378 g/mol. The minimum atomic E-state index is -0.954. The van der Waals surface area contributed by atoms with Crippen LogP contribution in [0.5, 0.6) is 0 Å². The lowest BCUT2D eigenvalue weighted by molar-refractivity contribution is -0.143. The van der Waals surface area contributed by atoms with Gasteiger partial charge in [-0.05, 0) is 32.3 Å². The zero-order valence-electron chi connectivity index (χ0n) is 15.9. The molecule has 1 aliphatic rings. The number of likely N-dealkylation sites (tertiary alicyclic amines) is 1. The van der Waals surface area contributed by atoms with Crippen molar-refractivity contribution in [3.63, 3.8) is 0 Å². The van der Waals surface area contributed by atoms with Crippen LogP contribution in [0.4, 0.5) is 0 Å². The van der Waals surface area contributed by atoms with Crippen LogP contribution in [0.15, 0.2) is 36.4 Å². The third-order valence-electron chi connectivity index (χ3n) is 5.32. The van der Waals surface area contributed by atoms with E-state index in [1.807, 2.05) is 37.3 Å². The van der Waals surface area contributed by atoms with Gasteiger partial charge in [0, 0.05) is 19.2 Å². The summed E-state index contributed by atoms with van der Waals surface area (Å²) < 4.78 is 1.67. The van der Waals surface area contributed by atoms with E-state index in [1.54, 1.807) is 17.8 Å². The molecule has 0 saturated carbocycles. The van der Waals surface area contributed by atoms with E-state index in [-0.39, 0.29) is 5.91 Å². The van der Waals surface area contributed by atoms with Gasteiger partial charge >= 0.3 is 5.97 Å². The fraction of sp³-hybridized carbons (Fsp3) is 0.333. The van der Waals surface area contributed by atoms with Crippen LogP contribution in [0.1, 0.15) is 35.3 Å². The van der Waals surface area contributed by atoms with E-state index in [0.717, 1.165) is 18.4 Å². The molecule has 3 aromatic rings. The molecule has 1 N–H and O–H groups in total. The van der Waals surface area contributed by atoms with E-state index >= 15 is 0 Å². The van der Waals surface area contributed by atoms with Gasteiger partial charge in [-0.25, -0.2) is 9.78 Å². The molecule has 0 aliphatic carbocycles. The van der Waals surface area contributed by atoms with Gasteiger partial charge in [-0.3, -0.25) is 9.48 Å². The summed E-state index contributed by atoms with van der Waals surface area (Å²) >= 11 is 0. The number of aliphatic carboxylic acids is 1. The minimum Gasteiger partial charge on any atom is -0.480 e. The normalized spacial score (nSPS) is 17.1. The van der Waals surface area contributed by atoms with Gasteiger partial charge < -0.3 is 10.0 Å². The van der Waals surface area contributed by atoms with E-state index < -0.39 is 12.0 Å². The third kappa shape index (κ3) is 3.02. The van der Waals surface area contributed by atoms with Crippen LogP contribution in [0, 0.1) is 6.92 Å². The molecule has 1 saturated heterocycles. The quantitative estimate of drug-likeness (QED) is 0.757. The predicted molar refractivity (Wildman–Crippen MR) is 105 cm³/mol. The Morgan fingerprint density at radius 3 is 2.64 bits per heavy atom. The molecule has 0 spiro atoms. The van der Waals surface area contributed by atoms with Crippen molar-refractivity contribution < 1.29 is 14.7 Å². The molecule has 144 valence electrons. The summed E-state index contributed by atoms with van der Waals surface area (Å²) in [6.45, 7) is 2.29. The highest BCUT2D eigenvalue weighted by Gasteiger charge is 2.34. The highest BCUT2D eigenvalue weighted by Crippen LogP contribution is 2.29. The maximum Gasteiger partial charge on any atom is 0.326 e. The number of hydrogen-bond donors (Lipinski definition) is 1. The highest BCUT2D eigenvalue weighted by molar-refractivity contribution is 6.08. The van der Waals surface area contributed by atoms with E-state index in [4.69, 9.17) is 4.98 Å². The molecule has 7 nitrogen and oxygen atoms in total. The topological polar surface area (TPSA) is 88.3 Å². The van der Waals surface area contributed by atoms with Crippen molar-refractivity contribution in [3.8, 4) is 11.3 Å². The zero-order chi connectivity index (χ0) is 19.8. The first-order chi connectivity index (χ1) is 13.5. The second kappa shape index (κ2) is 7.07. The maximum absolute atomic E-state index is 13.5. The molecule has 4 rings (SSSR count). The van der Waals surface area contributed by atoms with Crippen molar-refractivity contribution >= 4 is 22.9 Å². The van der Waals surface area contributed by atoms with Gasteiger partial charge in [-0.15, -0.1) is 0 Å². The summed E-state index contributed by atoms with van der Waals surface area (Å²) in [7, 11) is 1.80. The van der Waals surface area contributed by atoms with Gasteiger partial charge in [-0.1, -0.05) is 30.3 Å². The Kier molecular flexibility index (Phi) is 4.58. The number of hydrogen-bond acceptors (Lipinski definition) is 4. The Labute approximate surface area is 162 Å². The fourth-order valence-electron chi connectivity index (χ4n) is 3.96. The number of piperidine rings is 1. The van der Waals surface area contributed by atoms with Crippen molar-refractivity contribution in [1.82, 2.24) is 19.7 Å². The average Bonchev–Trinajstić information content (AvgIpc) is 3.01. The van der Waals surface area contributed by atoms with Gasteiger partial charge in [0.15, 0.2) is 5.65 Å². The Morgan fingerprint density at radius 1 is 1.18 bits per heavy atom. The second-order valence-corrected chi connectivity index (χ2v) is 7.18. The molecular weight excluding hydrogens is 356 g/mol. The first-order valence-electron chi connectivity index (χ1n) is 9.41. The molecule has 28 heavy (non-hydrogen) atoms. The number of aryl methyl sites for hydroxylation is 2. The Balaban J connectivity index is 1.89. The van der Waals surface area contributed by atoms with Crippen LogP contribution in [0.3, 0.4) is 0 Å². The predicted octanol–water partition coefficient (Wildman–Crippen LogP) is 3.02. The van der Waals surface area contributed by atoms with Gasteiger partial charge in [0.25, 0.3) is 5.91 Å². The smallest absolute Gasteiger partial charge is 0.326 e. The first kappa shape index (κ1) is 18.2. The Bertz CT molecular complexity index is 1060. The highest BCUT2D eigenvalue weighted by atomic mass is 16.4. The van der Waals surface area contributed by atoms with Gasteiger partial charge in [0.05, 0.1) is 22.3 Å². The number of nitrogens with zero attached hydrogens (tertiary/aromatic N) is 4. The molecule has 1 amide bonds. The number of carbonyl (C=O) groups is 2. The SMILES string of the molecule is Cc1nn(C)c2nc(-c3ccccc3)cc(C(=O)N3CCCC[C@@H]3C(=O)O)c12. The Hall–Kier alpha value is -3.22. The molecule has 0 bridgehead atoms. The molecule has 1 atom stereocenters. The van der Waals surface area contributed by atoms with Crippen molar-refractivity contribution in [2.24, 2.45) is 7.05 Å². The van der Waals surface area contributed by atoms with Crippen molar-refractivity contribution in [3.05, 3.63) is 47.7 Å². The number of rotatable bonds is 3. The number of aromatic nitrogens is 3. The van der Waals surface area contributed by atoms with E-state index in [1.165, 1.54) is 4.90 Å². The lowest BCUT2D eigenvalue weighted by Gasteiger charge is -2.33. The van der Waals surface area contributed by atoms with Crippen LogP contribution < -0.4 is 0 Å². The van der Waals surface area contributed by atoms with Crippen molar-refractivity contribution in [1.29, 1.82) is 0 Å². The van der Waals surface area contributed by atoms with Crippen LogP contribution in [0.25, 0.3) is 22.3 Å². The molecule has 1 fully saturated rings. The van der Waals surface area contributed by atoms with E-state index in [0.29, 0.717) is 41.0 Å². The second-order valence-electron chi connectivity index (χ2n) is 7.18. The van der Waals surface area contributed by atoms with E-state index in [9.17, 15) is 14.7 Å². The number of benzene rings is 1. The number of carboxylic acid groups (broad SMARTS) is 1. The fourth-order valence-corrected chi connectivity index (χ4v) is 3.96. The summed E-state index contributed by atoms with van der Waals surface area (Å²) in [5, 5.41) is 14.7. The van der Waals surface area contributed by atoms with Gasteiger partial charge in [-0.2, -0.15) is 5.10 Å². The summed E-state index contributed by atoms with van der Waals surface area (Å²) in [5.41, 5.74) is 3.35. The number of pyridine rings is 1. The summed E-state index contributed by atoms with van der Waals surface area (Å²) in [4.78, 5) is 31.4. The van der Waals surface area contributed by atoms with E-state index in [2.05, 4.69) is 5.10 Å². The molecule has 0 radical (unpaired) electrons. The monoisotopic (exact) mass is 378 g/mol. The van der Waals surface area contributed by atoms with Gasteiger partial charge in [0.1, 0.15) is 6.04 Å². The molecule has 3 heterocycles.